The van der Waals surface area contributed by atoms with Gasteiger partial charge in [-0.1, -0.05) is 0 Å². The molecule has 2 aromatic carbocycles. The summed E-state index contributed by atoms with van der Waals surface area (Å²) in [5.41, 5.74) is 9.35. The van der Waals surface area contributed by atoms with Crippen LogP contribution in [0.25, 0.3) is 0 Å². The molecule has 5 rings (SSSR count). The van der Waals surface area contributed by atoms with Crippen molar-refractivity contribution in [3.63, 3.8) is 0 Å². The number of benzene rings is 2. The van der Waals surface area contributed by atoms with Crippen LogP contribution < -0.4 is 16.0 Å². The largest absolute Gasteiger partial charge is 0.398 e. The Morgan fingerprint density at radius 2 is 1.89 bits per heavy atom. The van der Waals surface area contributed by atoms with E-state index in [0.717, 1.165) is 55.8 Å². The zero-order valence-corrected chi connectivity index (χ0v) is 22.0. The minimum Gasteiger partial charge on any atom is -0.398 e. The number of amides is 1. The Morgan fingerprint density at radius 3 is 2.61 bits per heavy atom. The summed E-state index contributed by atoms with van der Waals surface area (Å²) in [5.74, 6) is -1.68. The number of nitrogens with zero attached hydrogens (tertiary/aromatic N) is 4. The summed E-state index contributed by atoms with van der Waals surface area (Å²) < 4.78 is 41.9. The molecular formula is C26H31F2N7O2S. The number of nitrogens with one attached hydrogen (secondary N) is 2. The van der Waals surface area contributed by atoms with Crippen molar-refractivity contribution in [3.8, 4) is 0 Å². The first-order valence-corrected chi connectivity index (χ1v) is 13.7. The van der Waals surface area contributed by atoms with E-state index >= 15 is 0 Å². The normalized spacial score (nSPS) is 16.8. The van der Waals surface area contributed by atoms with Gasteiger partial charge in [0.15, 0.2) is 5.82 Å². The molecule has 202 valence electrons. The molecule has 3 aromatic rings. The first kappa shape index (κ1) is 26.3. The summed E-state index contributed by atoms with van der Waals surface area (Å²) in [6.07, 6.45) is 2.99. The van der Waals surface area contributed by atoms with E-state index in [1.165, 1.54) is 12.8 Å². The maximum atomic E-state index is 13.6. The molecule has 1 aromatic heterocycles. The van der Waals surface area contributed by atoms with E-state index < -0.39 is 28.5 Å². The third kappa shape index (κ3) is 5.71. The third-order valence-electron chi connectivity index (χ3n) is 7.07. The van der Waals surface area contributed by atoms with Crippen LogP contribution in [0.2, 0.25) is 0 Å². The van der Waals surface area contributed by atoms with Gasteiger partial charge in [0.2, 0.25) is 0 Å². The van der Waals surface area contributed by atoms with Crippen molar-refractivity contribution in [2.75, 3.05) is 55.7 Å². The molecule has 0 spiro atoms. The fourth-order valence-corrected chi connectivity index (χ4v) is 6.12. The van der Waals surface area contributed by atoms with Gasteiger partial charge < -0.3 is 20.9 Å². The number of fused-ring (bicyclic) bond motifs is 1. The van der Waals surface area contributed by atoms with Gasteiger partial charge in [0.25, 0.3) is 5.91 Å². The standard InChI is InChI=1S/C26H31F2N7O2S/c1-33(10-11-34-7-2-3-8-34)19-4-5-21(23(29)15-19)26(36)30-25-22-16-35(9-6-24(22)31-32-25)38(37)20-13-17(27)12-18(28)14-20/h4-5,12-15H,2-3,6-11,16,29H2,1H3,(H2,30,31,32,36). The Labute approximate surface area is 222 Å². The molecule has 2 aliphatic rings. The molecule has 0 bridgehead atoms. The fraction of sp³-hybridized carbons (Fsp3) is 0.385. The lowest BCUT2D eigenvalue weighted by atomic mass is 10.1. The average Bonchev–Trinajstić information content (AvgIpc) is 3.56. The van der Waals surface area contributed by atoms with E-state index in [0.29, 0.717) is 35.6 Å². The molecule has 1 fully saturated rings. The van der Waals surface area contributed by atoms with Crippen LogP contribution in [0.4, 0.5) is 26.0 Å². The van der Waals surface area contributed by atoms with Gasteiger partial charge in [-0.05, 0) is 56.3 Å². The third-order valence-corrected chi connectivity index (χ3v) is 8.49. The van der Waals surface area contributed by atoms with Crippen LogP contribution in [0.15, 0.2) is 41.3 Å². The first-order chi connectivity index (χ1) is 18.3. The van der Waals surface area contributed by atoms with Crippen molar-refractivity contribution in [1.82, 2.24) is 19.4 Å². The topological polar surface area (TPSA) is 111 Å². The lowest BCUT2D eigenvalue weighted by Gasteiger charge is -2.25. The smallest absolute Gasteiger partial charge is 0.258 e. The number of rotatable bonds is 8. The quantitative estimate of drug-likeness (QED) is 0.377. The maximum Gasteiger partial charge on any atom is 0.258 e. The molecule has 0 aliphatic carbocycles. The minimum atomic E-state index is -1.78. The average molecular weight is 544 g/mol. The SMILES string of the molecule is CN(CCN1CCCC1)c1ccc(C(=O)Nc2n[nH]c3c2CN(S(=O)c2cc(F)cc(F)c2)CC3)c(N)c1. The highest BCUT2D eigenvalue weighted by atomic mass is 32.2. The number of likely N-dealkylation sites (N-methyl/N-ethyl adjacent to an activating group) is 1. The number of aromatic nitrogens is 2. The van der Waals surface area contributed by atoms with Gasteiger partial charge in [0.1, 0.15) is 22.6 Å². The van der Waals surface area contributed by atoms with Crippen molar-refractivity contribution in [2.45, 2.75) is 30.7 Å². The van der Waals surface area contributed by atoms with Gasteiger partial charge in [-0.3, -0.25) is 9.89 Å². The van der Waals surface area contributed by atoms with E-state index in [2.05, 4.69) is 25.3 Å². The Hall–Kier alpha value is -3.35. The molecule has 1 atom stereocenters. The van der Waals surface area contributed by atoms with E-state index in [1.54, 1.807) is 16.4 Å². The van der Waals surface area contributed by atoms with Gasteiger partial charge >= 0.3 is 0 Å². The zero-order valence-electron chi connectivity index (χ0n) is 21.2. The van der Waals surface area contributed by atoms with Gasteiger partial charge in [0.05, 0.1) is 10.5 Å². The molecule has 0 saturated carbocycles. The number of nitrogen functional groups attached to an aromatic ring is 1. The number of carbonyl (C=O) groups excluding carboxylic acids is 1. The van der Waals surface area contributed by atoms with Crippen LogP contribution in [0.1, 0.15) is 34.5 Å². The predicted molar refractivity (Wildman–Crippen MR) is 143 cm³/mol. The van der Waals surface area contributed by atoms with E-state index in [-0.39, 0.29) is 11.4 Å². The van der Waals surface area contributed by atoms with E-state index in [1.807, 2.05) is 13.1 Å². The number of aromatic amines is 1. The molecule has 1 amide bonds. The maximum absolute atomic E-state index is 13.6. The Kier molecular flexibility index (Phi) is 7.73. The second-order valence-corrected chi connectivity index (χ2v) is 11.2. The first-order valence-electron chi connectivity index (χ1n) is 12.6. The van der Waals surface area contributed by atoms with Crippen LogP contribution in [-0.4, -0.2) is 69.3 Å². The van der Waals surface area contributed by atoms with Gasteiger partial charge in [-0.15, -0.1) is 0 Å². The number of nitrogens with two attached hydrogens (primary N) is 1. The van der Waals surface area contributed by atoms with E-state index in [9.17, 15) is 17.8 Å². The van der Waals surface area contributed by atoms with Crippen molar-refractivity contribution < 1.29 is 17.8 Å². The number of hydrogen-bond acceptors (Lipinski definition) is 6. The summed E-state index contributed by atoms with van der Waals surface area (Å²) in [4.78, 5) is 17.7. The second kappa shape index (κ2) is 11.2. The van der Waals surface area contributed by atoms with Crippen LogP contribution in [0, 0.1) is 11.6 Å². The molecule has 0 radical (unpaired) electrons. The molecule has 3 heterocycles. The van der Waals surface area contributed by atoms with Gasteiger partial charge in [-0.2, -0.15) is 5.10 Å². The lowest BCUT2D eigenvalue weighted by molar-refractivity contribution is 0.102. The summed E-state index contributed by atoms with van der Waals surface area (Å²) >= 11 is 0. The van der Waals surface area contributed by atoms with Crippen LogP contribution in [0.3, 0.4) is 0 Å². The molecular weight excluding hydrogens is 512 g/mol. The molecule has 4 N–H and O–H groups in total. The highest BCUT2D eigenvalue weighted by Gasteiger charge is 2.28. The molecule has 1 saturated heterocycles. The summed E-state index contributed by atoms with van der Waals surface area (Å²) in [6, 6.07) is 8.22. The summed E-state index contributed by atoms with van der Waals surface area (Å²) in [7, 11) is 0.227. The number of hydrogen-bond donors (Lipinski definition) is 3. The highest BCUT2D eigenvalue weighted by Crippen LogP contribution is 2.28. The number of likely N-dealkylation sites (tertiary alicyclic amines) is 1. The number of carbonyl (C=O) groups is 1. The Bertz CT molecular complexity index is 1340. The minimum absolute atomic E-state index is 0.0401. The van der Waals surface area contributed by atoms with Crippen molar-refractivity contribution in [1.29, 1.82) is 0 Å². The van der Waals surface area contributed by atoms with Gasteiger partial charge in [0, 0.05) is 68.3 Å². The van der Waals surface area contributed by atoms with Crippen LogP contribution >= 0.6 is 0 Å². The monoisotopic (exact) mass is 543 g/mol. The molecule has 12 heteroatoms. The lowest BCUT2D eigenvalue weighted by Crippen LogP contribution is -2.32. The highest BCUT2D eigenvalue weighted by molar-refractivity contribution is 7.82. The van der Waals surface area contributed by atoms with Gasteiger partial charge in [-0.25, -0.2) is 17.3 Å². The van der Waals surface area contributed by atoms with Crippen molar-refractivity contribution in [3.05, 3.63) is 64.9 Å². The molecule has 9 nitrogen and oxygen atoms in total. The Balaban J connectivity index is 1.25. The van der Waals surface area contributed by atoms with Crippen LogP contribution in [0.5, 0.6) is 0 Å². The second-order valence-electron chi connectivity index (χ2n) is 9.69. The molecule has 38 heavy (non-hydrogen) atoms. The van der Waals surface area contributed by atoms with Crippen LogP contribution in [-0.2, 0) is 24.0 Å². The number of anilines is 3. The van der Waals surface area contributed by atoms with Crippen molar-refractivity contribution in [2.24, 2.45) is 0 Å². The van der Waals surface area contributed by atoms with Crippen molar-refractivity contribution >= 4 is 34.1 Å². The number of H-pyrrole nitrogens is 1. The molecule has 1 unspecified atom stereocenters. The summed E-state index contributed by atoms with van der Waals surface area (Å²) in [5, 5.41) is 9.97. The Morgan fingerprint density at radius 1 is 1.16 bits per heavy atom. The zero-order chi connectivity index (χ0) is 26.8. The molecule has 2 aliphatic heterocycles. The van der Waals surface area contributed by atoms with E-state index in [4.69, 9.17) is 5.73 Å². The fourth-order valence-electron chi connectivity index (χ4n) is 4.89. The summed E-state index contributed by atoms with van der Waals surface area (Å²) in [6.45, 7) is 4.71. The number of halogens is 2. The predicted octanol–water partition coefficient (Wildman–Crippen LogP) is 3.14.